The van der Waals surface area contributed by atoms with Crippen LogP contribution in [0.15, 0.2) is 40.9 Å². The molecule has 0 N–H and O–H groups in total. The van der Waals surface area contributed by atoms with Gasteiger partial charge in [0.1, 0.15) is 17.5 Å². The van der Waals surface area contributed by atoms with Crippen molar-refractivity contribution in [3.8, 4) is 0 Å². The van der Waals surface area contributed by atoms with Crippen molar-refractivity contribution >= 4 is 27.5 Å². The van der Waals surface area contributed by atoms with Gasteiger partial charge in [0, 0.05) is 11.5 Å². The number of rotatable bonds is 2. The van der Waals surface area contributed by atoms with Gasteiger partial charge in [0.2, 0.25) is 0 Å². The quantitative estimate of drug-likeness (QED) is 0.802. The van der Waals surface area contributed by atoms with Crippen molar-refractivity contribution in [3.63, 3.8) is 0 Å². The summed E-state index contributed by atoms with van der Waals surface area (Å²) in [5.74, 6) is -3.07. The number of hydrogen-bond donors (Lipinski definition) is 0. The summed E-state index contributed by atoms with van der Waals surface area (Å²) < 4.78 is 40.9. The monoisotopic (exact) mass is 343 g/mol. The molecule has 0 aliphatic carbocycles. The Morgan fingerprint density at radius 1 is 1.05 bits per heavy atom. The number of amides is 1. The van der Waals surface area contributed by atoms with E-state index in [0.29, 0.717) is 4.47 Å². The van der Waals surface area contributed by atoms with Gasteiger partial charge in [-0.1, -0.05) is 15.9 Å². The highest BCUT2D eigenvalue weighted by molar-refractivity contribution is 9.10. The molecule has 1 amide bonds. The van der Waals surface area contributed by atoms with Crippen LogP contribution in [0.4, 0.5) is 18.9 Å². The van der Waals surface area contributed by atoms with Gasteiger partial charge in [0.05, 0.1) is 11.3 Å². The molecule has 0 atom stereocenters. The van der Waals surface area contributed by atoms with Gasteiger partial charge < -0.3 is 4.90 Å². The van der Waals surface area contributed by atoms with Gasteiger partial charge >= 0.3 is 0 Å². The van der Waals surface area contributed by atoms with Crippen LogP contribution in [0, 0.1) is 17.5 Å². The number of carbonyl (C=O) groups is 1. The molecule has 20 heavy (non-hydrogen) atoms. The minimum Gasteiger partial charge on any atom is -0.309 e. The van der Waals surface area contributed by atoms with Crippen LogP contribution in [0.1, 0.15) is 10.4 Å². The number of carbonyl (C=O) groups excluding carboxylic acids is 1. The molecule has 0 bridgehead atoms. The Hall–Kier alpha value is -1.82. The zero-order chi connectivity index (χ0) is 14.9. The molecule has 104 valence electrons. The van der Waals surface area contributed by atoms with Crippen LogP contribution in [0.5, 0.6) is 0 Å². The molecule has 0 aliphatic rings. The predicted molar refractivity (Wildman–Crippen MR) is 73.2 cm³/mol. The van der Waals surface area contributed by atoms with E-state index in [-0.39, 0.29) is 5.69 Å². The van der Waals surface area contributed by atoms with Crippen LogP contribution in [0.25, 0.3) is 0 Å². The molecular formula is C14H9BrF3NO. The minimum atomic E-state index is -0.860. The van der Waals surface area contributed by atoms with Gasteiger partial charge in [0.25, 0.3) is 5.91 Å². The number of hydrogen-bond acceptors (Lipinski definition) is 1. The van der Waals surface area contributed by atoms with Crippen LogP contribution in [-0.4, -0.2) is 13.0 Å². The first kappa shape index (κ1) is 14.6. The summed E-state index contributed by atoms with van der Waals surface area (Å²) in [6, 6.07) is 6.64. The molecule has 0 aliphatic heterocycles. The van der Waals surface area contributed by atoms with Crippen molar-refractivity contribution < 1.29 is 18.0 Å². The fourth-order valence-electron chi connectivity index (χ4n) is 1.70. The van der Waals surface area contributed by atoms with Gasteiger partial charge in [-0.2, -0.15) is 0 Å². The van der Waals surface area contributed by atoms with E-state index in [2.05, 4.69) is 15.9 Å². The van der Waals surface area contributed by atoms with Crippen LogP contribution in [0.3, 0.4) is 0 Å². The first-order valence-corrected chi connectivity index (χ1v) is 6.37. The molecule has 0 spiro atoms. The topological polar surface area (TPSA) is 20.3 Å². The average molecular weight is 344 g/mol. The van der Waals surface area contributed by atoms with Crippen molar-refractivity contribution in [2.24, 2.45) is 0 Å². The standard InChI is InChI=1S/C14H9BrF3NO/c1-19(13-5-2-8(15)6-12(13)18)14(20)10-7-9(16)3-4-11(10)17/h2-7H,1H3. The van der Waals surface area contributed by atoms with Crippen LogP contribution in [0.2, 0.25) is 0 Å². The molecule has 2 aromatic carbocycles. The van der Waals surface area contributed by atoms with E-state index in [1.807, 2.05) is 0 Å². The summed E-state index contributed by atoms with van der Waals surface area (Å²) in [5.41, 5.74) is -0.475. The molecule has 0 unspecified atom stereocenters. The summed E-state index contributed by atoms with van der Waals surface area (Å²) in [5, 5.41) is 0. The van der Waals surface area contributed by atoms with Crippen LogP contribution in [-0.2, 0) is 0 Å². The first-order valence-electron chi connectivity index (χ1n) is 5.58. The lowest BCUT2D eigenvalue weighted by Gasteiger charge is -2.18. The number of benzene rings is 2. The van der Waals surface area contributed by atoms with Gasteiger partial charge in [0.15, 0.2) is 0 Å². The Kier molecular flexibility index (Phi) is 4.13. The average Bonchev–Trinajstić information content (AvgIpc) is 2.40. The smallest absolute Gasteiger partial charge is 0.261 e. The predicted octanol–water partition coefficient (Wildman–Crippen LogP) is 4.14. The van der Waals surface area contributed by atoms with Gasteiger partial charge in [-0.15, -0.1) is 0 Å². The van der Waals surface area contributed by atoms with E-state index in [4.69, 9.17) is 0 Å². The molecule has 2 nitrogen and oxygen atoms in total. The van der Waals surface area contributed by atoms with E-state index in [9.17, 15) is 18.0 Å². The molecular weight excluding hydrogens is 335 g/mol. The Morgan fingerprint density at radius 3 is 2.40 bits per heavy atom. The highest BCUT2D eigenvalue weighted by atomic mass is 79.9. The number of halogens is 4. The van der Waals surface area contributed by atoms with E-state index < -0.39 is 28.9 Å². The fraction of sp³-hybridized carbons (Fsp3) is 0.0714. The molecule has 0 radical (unpaired) electrons. The second-order valence-electron chi connectivity index (χ2n) is 4.08. The minimum absolute atomic E-state index is 0.0261. The highest BCUT2D eigenvalue weighted by Gasteiger charge is 2.20. The maximum Gasteiger partial charge on any atom is 0.261 e. The van der Waals surface area contributed by atoms with Crippen molar-refractivity contribution in [2.45, 2.75) is 0 Å². The second kappa shape index (κ2) is 5.66. The van der Waals surface area contributed by atoms with Gasteiger partial charge in [-0.3, -0.25) is 4.79 Å². The second-order valence-corrected chi connectivity index (χ2v) is 5.00. The lowest BCUT2D eigenvalue weighted by Crippen LogP contribution is -2.28. The SMILES string of the molecule is CN(C(=O)c1cc(F)ccc1F)c1ccc(Br)cc1F. The van der Waals surface area contributed by atoms with Crippen molar-refractivity contribution in [2.75, 3.05) is 11.9 Å². The van der Waals surface area contributed by atoms with E-state index in [0.717, 1.165) is 23.1 Å². The summed E-state index contributed by atoms with van der Waals surface area (Å²) in [6.45, 7) is 0. The Balaban J connectivity index is 2.40. The molecule has 0 saturated carbocycles. The highest BCUT2D eigenvalue weighted by Crippen LogP contribution is 2.24. The third-order valence-electron chi connectivity index (χ3n) is 2.73. The van der Waals surface area contributed by atoms with Gasteiger partial charge in [-0.05, 0) is 36.4 Å². The third-order valence-corrected chi connectivity index (χ3v) is 3.23. The largest absolute Gasteiger partial charge is 0.309 e. The summed E-state index contributed by atoms with van der Waals surface area (Å²) in [6.07, 6.45) is 0. The Labute approximate surface area is 122 Å². The maximum atomic E-state index is 13.8. The zero-order valence-electron chi connectivity index (χ0n) is 10.3. The molecule has 0 aromatic heterocycles. The van der Waals surface area contributed by atoms with Gasteiger partial charge in [-0.25, -0.2) is 13.2 Å². The summed E-state index contributed by atoms with van der Waals surface area (Å²) >= 11 is 3.10. The first-order chi connectivity index (χ1) is 9.40. The summed E-state index contributed by atoms with van der Waals surface area (Å²) in [4.78, 5) is 13.0. The van der Waals surface area contributed by atoms with E-state index in [1.54, 1.807) is 6.07 Å². The normalized spacial score (nSPS) is 10.4. The maximum absolute atomic E-state index is 13.8. The van der Waals surface area contributed by atoms with Crippen molar-refractivity contribution in [3.05, 3.63) is 63.9 Å². The zero-order valence-corrected chi connectivity index (χ0v) is 11.9. The third kappa shape index (κ3) is 2.85. The molecule has 0 fully saturated rings. The lowest BCUT2D eigenvalue weighted by molar-refractivity contribution is 0.0988. The van der Waals surface area contributed by atoms with E-state index >= 15 is 0 Å². The Bertz CT molecular complexity index is 675. The molecule has 2 aromatic rings. The lowest BCUT2D eigenvalue weighted by atomic mass is 10.1. The Morgan fingerprint density at radius 2 is 1.75 bits per heavy atom. The number of anilines is 1. The van der Waals surface area contributed by atoms with Crippen molar-refractivity contribution in [1.29, 1.82) is 0 Å². The fourth-order valence-corrected chi connectivity index (χ4v) is 2.04. The molecule has 2 rings (SSSR count). The molecule has 0 saturated heterocycles. The number of nitrogens with zero attached hydrogens (tertiary/aromatic N) is 1. The molecule has 6 heteroatoms. The summed E-state index contributed by atoms with van der Waals surface area (Å²) in [7, 11) is 1.29. The van der Waals surface area contributed by atoms with Crippen LogP contribution >= 0.6 is 15.9 Å². The van der Waals surface area contributed by atoms with Crippen LogP contribution < -0.4 is 4.90 Å². The van der Waals surface area contributed by atoms with Crippen molar-refractivity contribution in [1.82, 2.24) is 0 Å². The van der Waals surface area contributed by atoms with E-state index in [1.165, 1.54) is 19.2 Å². The molecule has 0 heterocycles.